The van der Waals surface area contributed by atoms with Gasteiger partial charge in [-0.25, -0.2) is 9.97 Å². The molecule has 0 saturated carbocycles. The van der Waals surface area contributed by atoms with Crippen molar-refractivity contribution in [2.45, 2.75) is 13.0 Å². The highest BCUT2D eigenvalue weighted by Crippen LogP contribution is 2.19. The van der Waals surface area contributed by atoms with Crippen molar-refractivity contribution < 1.29 is 0 Å². The number of nitriles is 1. The third kappa shape index (κ3) is 3.26. The minimum Gasteiger partial charge on any atom is -0.369 e. The molecule has 0 spiro atoms. The third-order valence-corrected chi connectivity index (χ3v) is 4.14. The van der Waals surface area contributed by atoms with Gasteiger partial charge in [0.05, 0.1) is 12.1 Å². The van der Waals surface area contributed by atoms with Crippen LogP contribution in [0, 0.1) is 17.2 Å². The molecule has 1 aliphatic rings. The fourth-order valence-corrected chi connectivity index (χ4v) is 2.85. The van der Waals surface area contributed by atoms with Crippen molar-refractivity contribution in [1.82, 2.24) is 19.4 Å². The van der Waals surface area contributed by atoms with Crippen LogP contribution in [0.15, 0.2) is 30.7 Å². The van der Waals surface area contributed by atoms with Crippen LogP contribution in [0.3, 0.4) is 0 Å². The number of anilines is 1. The summed E-state index contributed by atoms with van der Waals surface area (Å²) in [7, 11) is 2.03. The van der Waals surface area contributed by atoms with Gasteiger partial charge in [-0.2, -0.15) is 5.26 Å². The Bertz CT molecular complexity index is 671. The molecule has 1 atom stereocenters. The van der Waals surface area contributed by atoms with Gasteiger partial charge in [-0.15, -0.1) is 0 Å². The first-order valence-corrected chi connectivity index (χ1v) is 7.54. The topological polar surface area (TPSA) is 69.8 Å². The lowest BCUT2D eigenvalue weighted by Crippen LogP contribution is -2.24. The summed E-state index contributed by atoms with van der Waals surface area (Å²) in [6, 6.07) is 5.74. The molecule has 2 aromatic heterocycles. The van der Waals surface area contributed by atoms with Crippen LogP contribution in [0.1, 0.15) is 17.8 Å². The lowest BCUT2D eigenvalue weighted by atomic mass is 10.1. The Labute approximate surface area is 130 Å². The minimum absolute atomic E-state index is 0.578. The zero-order valence-corrected chi connectivity index (χ0v) is 12.7. The van der Waals surface area contributed by atoms with Gasteiger partial charge in [0, 0.05) is 38.7 Å². The standard InChI is InChI=1S/C16H20N6/c1-21-8-6-18-15(21)12-22-7-4-13(11-22)10-20-16-14(9-17)3-2-5-19-16/h2-3,5-6,8,13H,4,7,10-12H2,1H3,(H,19,20)/t13-/m0/s1. The van der Waals surface area contributed by atoms with E-state index in [1.54, 1.807) is 18.3 Å². The van der Waals surface area contributed by atoms with E-state index in [9.17, 15) is 0 Å². The monoisotopic (exact) mass is 296 g/mol. The Kier molecular flexibility index (Phi) is 4.35. The highest BCUT2D eigenvalue weighted by Gasteiger charge is 2.23. The van der Waals surface area contributed by atoms with Gasteiger partial charge in [-0.05, 0) is 31.0 Å². The van der Waals surface area contributed by atoms with Crippen molar-refractivity contribution in [2.75, 3.05) is 25.0 Å². The summed E-state index contributed by atoms with van der Waals surface area (Å²) in [5.74, 6) is 2.37. The van der Waals surface area contributed by atoms with Crippen molar-refractivity contribution in [3.05, 3.63) is 42.1 Å². The van der Waals surface area contributed by atoms with Crippen LogP contribution < -0.4 is 5.32 Å². The molecule has 0 radical (unpaired) electrons. The summed E-state index contributed by atoms with van der Waals surface area (Å²) in [6.07, 6.45) is 6.70. The second kappa shape index (κ2) is 6.58. The van der Waals surface area contributed by atoms with E-state index in [1.165, 1.54) is 0 Å². The molecule has 1 saturated heterocycles. The molecule has 6 nitrogen and oxygen atoms in total. The summed E-state index contributed by atoms with van der Waals surface area (Å²) in [4.78, 5) is 11.1. The van der Waals surface area contributed by atoms with E-state index in [0.29, 0.717) is 17.3 Å². The van der Waals surface area contributed by atoms with Gasteiger partial charge in [-0.1, -0.05) is 0 Å². The Morgan fingerprint density at radius 1 is 1.41 bits per heavy atom. The molecule has 1 aliphatic heterocycles. The smallest absolute Gasteiger partial charge is 0.143 e. The lowest BCUT2D eigenvalue weighted by molar-refractivity contribution is 0.307. The molecule has 22 heavy (non-hydrogen) atoms. The number of likely N-dealkylation sites (tertiary alicyclic amines) is 1. The second-order valence-corrected chi connectivity index (χ2v) is 5.74. The number of hydrogen-bond donors (Lipinski definition) is 1. The SMILES string of the molecule is Cn1ccnc1CN1CC[C@@H](CNc2ncccc2C#N)C1. The summed E-state index contributed by atoms with van der Waals surface area (Å²) in [5, 5.41) is 12.4. The van der Waals surface area contributed by atoms with Gasteiger partial charge in [0.2, 0.25) is 0 Å². The van der Waals surface area contributed by atoms with Crippen LogP contribution in [0.5, 0.6) is 0 Å². The van der Waals surface area contributed by atoms with Gasteiger partial charge in [0.1, 0.15) is 17.7 Å². The Morgan fingerprint density at radius 2 is 2.32 bits per heavy atom. The molecule has 1 N–H and O–H groups in total. The summed E-state index contributed by atoms with van der Waals surface area (Å²) in [5.41, 5.74) is 0.602. The molecule has 0 unspecified atom stereocenters. The number of nitrogens with one attached hydrogen (secondary N) is 1. The molecule has 1 fully saturated rings. The number of aromatic nitrogens is 3. The Morgan fingerprint density at radius 3 is 3.09 bits per heavy atom. The quantitative estimate of drug-likeness (QED) is 0.908. The first kappa shape index (κ1) is 14.5. The van der Waals surface area contributed by atoms with E-state index in [0.717, 1.165) is 38.4 Å². The maximum atomic E-state index is 9.07. The summed E-state index contributed by atoms with van der Waals surface area (Å²) >= 11 is 0. The molecule has 6 heteroatoms. The van der Waals surface area contributed by atoms with Gasteiger partial charge >= 0.3 is 0 Å². The first-order valence-electron chi connectivity index (χ1n) is 7.54. The lowest BCUT2D eigenvalue weighted by Gasteiger charge is -2.16. The number of imidazole rings is 1. The van der Waals surface area contributed by atoms with E-state index in [2.05, 4.69) is 30.8 Å². The van der Waals surface area contributed by atoms with E-state index < -0.39 is 0 Å². The summed E-state index contributed by atoms with van der Waals surface area (Å²) in [6.45, 7) is 3.89. The van der Waals surface area contributed by atoms with Crippen molar-refractivity contribution >= 4 is 5.82 Å². The van der Waals surface area contributed by atoms with E-state index in [4.69, 9.17) is 5.26 Å². The number of rotatable bonds is 5. The van der Waals surface area contributed by atoms with Crippen LogP contribution >= 0.6 is 0 Å². The molecule has 0 aromatic carbocycles. The minimum atomic E-state index is 0.578. The van der Waals surface area contributed by atoms with Gasteiger partial charge in [-0.3, -0.25) is 4.90 Å². The number of aryl methyl sites for hydroxylation is 1. The predicted octanol–water partition coefficient (Wildman–Crippen LogP) is 1.62. The highest BCUT2D eigenvalue weighted by molar-refractivity contribution is 5.51. The fourth-order valence-electron chi connectivity index (χ4n) is 2.85. The zero-order chi connectivity index (χ0) is 15.4. The average Bonchev–Trinajstić information content (AvgIpc) is 3.15. The van der Waals surface area contributed by atoms with Crippen LogP contribution in [-0.4, -0.2) is 39.1 Å². The molecule has 114 valence electrons. The van der Waals surface area contributed by atoms with E-state index in [-0.39, 0.29) is 0 Å². The molecular weight excluding hydrogens is 276 g/mol. The number of nitrogens with zero attached hydrogens (tertiary/aromatic N) is 5. The van der Waals surface area contributed by atoms with Gasteiger partial charge < -0.3 is 9.88 Å². The van der Waals surface area contributed by atoms with Gasteiger partial charge in [0.25, 0.3) is 0 Å². The maximum Gasteiger partial charge on any atom is 0.143 e. The normalized spacial score (nSPS) is 18.3. The van der Waals surface area contributed by atoms with Gasteiger partial charge in [0.15, 0.2) is 0 Å². The zero-order valence-electron chi connectivity index (χ0n) is 12.7. The predicted molar refractivity (Wildman–Crippen MR) is 84.0 cm³/mol. The van der Waals surface area contributed by atoms with Crippen molar-refractivity contribution in [3.63, 3.8) is 0 Å². The third-order valence-electron chi connectivity index (χ3n) is 4.14. The fraction of sp³-hybridized carbons (Fsp3) is 0.438. The molecule has 3 rings (SSSR count). The molecule has 0 amide bonds. The first-order chi connectivity index (χ1) is 10.8. The molecular formula is C16H20N6. The van der Waals surface area contributed by atoms with Crippen molar-refractivity contribution in [2.24, 2.45) is 13.0 Å². The van der Waals surface area contributed by atoms with Crippen LogP contribution in [0.4, 0.5) is 5.82 Å². The van der Waals surface area contributed by atoms with E-state index >= 15 is 0 Å². The molecule has 0 aliphatic carbocycles. The highest BCUT2D eigenvalue weighted by atomic mass is 15.2. The largest absolute Gasteiger partial charge is 0.369 e. The van der Waals surface area contributed by atoms with E-state index in [1.807, 2.05) is 19.4 Å². The van der Waals surface area contributed by atoms with Crippen LogP contribution in [0.2, 0.25) is 0 Å². The van der Waals surface area contributed by atoms with Crippen molar-refractivity contribution in [1.29, 1.82) is 5.26 Å². The van der Waals surface area contributed by atoms with Crippen LogP contribution in [0.25, 0.3) is 0 Å². The van der Waals surface area contributed by atoms with Crippen molar-refractivity contribution in [3.8, 4) is 6.07 Å². The Hall–Kier alpha value is -2.39. The number of pyridine rings is 1. The maximum absolute atomic E-state index is 9.07. The Balaban J connectivity index is 1.51. The number of hydrogen-bond acceptors (Lipinski definition) is 5. The molecule has 2 aromatic rings. The summed E-state index contributed by atoms with van der Waals surface area (Å²) < 4.78 is 2.07. The average molecular weight is 296 g/mol. The van der Waals surface area contributed by atoms with Crippen LogP contribution in [-0.2, 0) is 13.6 Å². The molecule has 0 bridgehead atoms. The second-order valence-electron chi connectivity index (χ2n) is 5.74. The molecule has 3 heterocycles.